The molecule has 0 aromatic carbocycles. The van der Waals surface area contributed by atoms with Gasteiger partial charge in [0.2, 0.25) is 0 Å². The molecule has 2 unspecified atom stereocenters. The van der Waals surface area contributed by atoms with Crippen LogP contribution in [0.2, 0.25) is 0 Å². The maximum absolute atomic E-state index is 13.1. The summed E-state index contributed by atoms with van der Waals surface area (Å²) in [5, 5.41) is 7.62. The zero-order valence-electron chi connectivity index (χ0n) is 17.6. The number of anilines is 1. The van der Waals surface area contributed by atoms with Crippen molar-refractivity contribution in [3.63, 3.8) is 0 Å². The molecule has 0 saturated carbocycles. The number of nitrogens with one attached hydrogen (secondary N) is 1. The summed E-state index contributed by atoms with van der Waals surface area (Å²) in [7, 11) is 0. The van der Waals surface area contributed by atoms with Crippen LogP contribution in [0.5, 0.6) is 0 Å². The number of nitrogens with two attached hydrogens (primary N) is 1. The molecule has 8 nitrogen and oxygen atoms in total. The van der Waals surface area contributed by atoms with Crippen LogP contribution in [0.15, 0.2) is 52.1 Å². The van der Waals surface area contributed by atoms with E-state index in [0.29, 0.717) is 5.82 Å². The monoisotopic (exact) mass is 446 g/mol. The van der Waals surface area contributed by atoms with E-state index in [0.717, 1.165) is 31.2 Å². The molecule has 0 bridgehead atoms. The molecular weight excluding hydrogens is 421 g/mol. The summed E-state index contributed by atoms with van der Waals surface area (Å²) in [4.78, 5) is 19.5. The zero-order chi connectivity index (χ0) is 23.3. The van der Waals surface area contributed by atoms with Crippen molar-refractivity contribution >= 4 is 30.7 Å². The Morgan fingerprint density at radius 3 is 2.84 bits per heavy atom. The van der Waals surface area contributed by atoms with Gasteiger partial charge in [0.05, 0.1) is 12.7 Å². The molecular formula is C21H25F3N8. The van der Waals surface area contributed by atoms with Crippen LogP contribution in [0.1, 0.15) is 25.6 Å². The van der Waals surface area contributed by atoms with Crippen molar-refractivity contribution in [3.8, 4) is 0 Å². The lowest BCUT2D eigenvalue weighted by molar-refractivity contribution is -0.0934. The maximum atomic E-state index is 13.1. The Hall–Kier alpha value is -3.50. The minimum atomic E-state index is -4.58. The van der Waals surface area contributed by atoms with Crippen LogP contribution in [0.4, 0.5) is 19.0 Å². The maximum Gasteiger partial charge on any atom is 0.434 e. The third-order valence-electron chi connectivity index (χ3n) is 5.54. The van der Waals surface area contributed by atoms with E-state index in [1.165, 1.54) is 29.7 Å². The van der Waals surface area contributed by atoms with E-state index in [1.807, 2.05) is 6.92 Å². The Morgan fingerprint density at radius 2 is 2.19 bits per heavy atom. The fourth-order valence-electron chi connectivity index (χ4n) is 3.95. The normalized spacial score (nSPS) is 22.6. The van der Waals surface area contributed by atoms with Crippen LogP contribution in [-0.4, -0.2) is 59.3 Å². The summed E-state index contributed by atoms with van der Waals surface area (Å²) >= 11 is 0. The van der Waals surface area contributed by atoms with E-state index in [9.17, 15) is 13.2 Å². The van der Waals surface area contributed by atoms with E-state index in [4.69, 9.17) is 11.1 Å². The topological polar surface area (TPSA) is 107 Å². The average molecular weight is 446 g/mol. The molecule has 0 amide bonds. The number of alkyl halides is 3. The lowest BCUT2D eigenvalue weighted by Gasteiger charge is -2.40. The Morgan fingerprint density at radius 1 is 1.41 bits per heavy atom. The summed E-state index contributed by atoms with van der Waals surface area (Å²) in [5.74, 6) is 0.929. The molecule has 1 aromatic rings. The van der Waals surface area contributed by atoms with Crippen molar-refractivity contribution in [1.29, 1.82) is 5.41 Å². The third-order valence-corrected chi connectivity index (χ3v) is 5.54. The molecule has 1 fully saturated rings. The van der Waals surface area contributed by atoms with Crippen molar-refractivity contribution in [2.75, 3.05) is 18.0 Å². The van der Waals surface area contributed by atoms with Crippen molar-refractivity contribution in [2.45, 2.75) is 32.0 Å². The van der Waals surface area contributed by atoms with Gasteiger partial charge in [-0.05, 0) is 44.3 Å². The van der Waals surface area contributed by atoms with Crippen LogP contribution in [-0.2, 0) is 0 Å². The van der Waals surface area contributed by atoms with Gasteiger partial charge in [-0.2, -0.15) is 13.2 Å². The first-order chi connectivity index (χ1) is 15.3. The molecule has 2 atom stereocenters. The van der Waals surface area contributed by atoms with Gasteiger partial charge in [-0.25, -0.2) is 9.97 Å². The van der Waals surface area contributed by atoms with Crippen molar-refractivity contribution in [3.05, 3.63) is 48.0 Å². The highest BCUT2D eigenvalue weighted by Crippen LogP contribution is 2.33. The van der Waals surface area contributed by atoms with E-state index in [-0.39, 0.29) is 30.0 Å². The van der Waals surface area contributed by atoms with E-state index < -0.39 is 11.9 Å². The number of hydrogen-bond acceptors (Lipinski definition) is 8. The number of nitrogens with zero attached hydrogens (tertiary/aromatic N) is 6. The third kappa shape index (κ3) is 4.87. The molecule has 2 aliphatic heterocycles. The zero-order valence-corrected chi connectivity index (χ0v) is 17.6. The predicted molar refractivity (Wildman–Crippen MR) is 119 cm³/mol. The number of piperidine rings is 1. The van der Waals surface area contributed by atoms with Gasteiger partial charge in [0, 0.05) is 43.3 Å². The second-order valence-electron chi connectivity index (χ2n) is 7.41. The Balaban J connectivity index is 1.94. The SMILES string of the molecule is C=N/C=C(/c1nccc(N2CCCC(/C(C=N)=C/N)C2C)n1)N1C=C(C(F)(F)F)N=CC1. The first kappa shape index (κ1) is 23.2. The summed E-state index contributed by atoms with van der Waals surface area (Å²) in [6, 6.07) is 1.78. The van der Waals surface area contributed by atoms with Crippen LogP contribution in [0.3, 0.4) is 0 Å². The first-order valence-corrected chi connectivity index (χ1v) is 10.1. The molecule has 3 N–H and O–H groups in total. The number of aliphatic imine (C=N–C) groups is 2. The molecule has 170 valence electrons. The quantitative estimate of drug-likeness (QED) is 0.652. The van der Waals surface area contributed by atoms with Gasteiger partial charge < -0.3 is 20.9 Å². The fraction of sp³-hybridized carbons (Fsp3) is 0.381. The molecule has 32 heavy (non-hydrogen) atoms. The highest BCUT2D eigenvalue weighted by Gasteiger charge is 2.36. The Labute approximate surface area is 184 Å². The number of rotatable bonds is 6. The summed E-state index contributed by atoms with van der Waals surface area (Å²) < 4.78 is 39.4. The van der Waals surface area contributed by atoms with Gasteiger partial charge in [0.15, 0.2) is 11.5 Å². The molecule has 3 heterocycles. The first-order valence-electron chi connectivity index (χ1n) is 10.1. The van der Waals surface area contributed by atoms with Gasteiger partial charge in [0.1, 0.15) is 11.5 Å². The highest BCUT2D eigenvalue weighted by atomic mass is 19.4. The second-order valence-corrected chi connectivity index (χ2v) is 7.41. The summed E-state index contributed by atoms with van der Waals surface area (Å²) in [5.41, 5.74) is 5.71. The molecule has 3 rings (SSSR count). The molecule has 0 spiro atoms. The number of hydrogen-bond donors (Lipinski definition) is 2. The number of allylic oxidation sites excluding steroid dienone is 1. The number of aromatic nitrogens is 2. The van der Waals surface area contributed by atoms with Crippen LogP contribution in [0.25, 0.3) is 5.70 Å². The average Bonchev–Trinajstić information content (AvgIpc) is 2.79. The van der Waals surface area contributed by atoms with E-state index >= 15 is 0 Å². The van der Waals surface area contributed by atoms with E-state index in [1.54, 1.807) is 12.3 Å². The van der Waals surface area contributed by atoms with Gasteiger partial charge in [-0.15, -0.1) is 0 Å². The van der Waals surface area contributed by atoms with Crippen molar-refractivity contribution < 1.29 is 13.2 Å². The largest absolute Gasteiger partial charge is 0.434 e. The van der Waals surface area contributed by atoms with Crippen LogP contribution in [0, 0.1) is 11.3 Å². The highest BCUT2D eigenvalue weighted by molar-refractivity contribution is 5.76. The predicted octanol–water partition coefficient (Wildman–Crippen LogP) is 3.36. The number of halogens is 3. The second kappa shape index (κ2) is 9.75. The van der Waals surface area contributed by atoms with Crippen molar-refractivity contribution in [1.82, 2.24) is 14.9 Å². The van der Waals surface area contributed by atoms with Gasteiger partial charge in [0.25, 0.3) is 0 Å². The lowest BCUT2D eigenvalue weighted by Crippen LogP contribution is -2.45. The molecule has 1 saturated heterocycles. The molecule has 1 aromatic heterocycles. The minimum Gasteiger partial charge on any atom is -0.404 e. The fourth-order valence-corrected chi connectivity index (χ4v) is 3.95. The van der Waals surface area contributed by atoms with Crippen LogP contribution >= 0.6 is 0 Å². The van der Waals surface area contributed by atoms with Gasteiger partial charge in [-0.1, -0.05) is 0 Å². The van der Waals surface area contributed by atoms with Crippen LogP contribution < -0.4 is 10.6 Å². The lowest BCUT2D eigenvalue weighted by atomic mass is 9.84. The van der Waals surface area contributed by atoms with Gasteiger partial charge in [-0.3, -0.25) is 9.98 Å². The Bertz CT molecular complexity index is 980. The molecule has 2 aliphatic rings. The van der Waals surface area contributed by atoms with Crippen molar-refractivity contribution in [2.24, 2.45) is 21.6 Å². The summed E-state index contributed by atoms with van der Waals surface area (Å²) in [6.45, 7) is 6.33. The Kier molecular flexibility index (Phi) is 7.06. The standard InChI is InChI=1S/C21H25F3N8/c1-14-16(15(10-25)11-26)4-3-8-32(14)19-5-6-29-20(30-19)17(12-27-2)31-9-7-28-18(13-31)21(22,23)24/h5-7,10-14,16,25H,2-4,8-9,26H2,1H3/b15-11+,17-12-,25-10?. The molecule has 11 heteroatoms. The minimum absolute atomic E-state index is 0.0201. The smallest absolute Gasteiger partial charge is 0.404 e. The molecule has 0 aliphatic carbocycles. The molecule has 0 radical (unpaired) electrons. The van der Waals surface area contributed by atoms with E-state index in [2.05, 4.69) is 31.6 Å². The summed E-state index contributed by atoms with van der Waals surface area (Å²) in [6.07, 6.45) is 4.93. The van der Waals surface area contributed by atoms with Gasteiger partial charge >= 0.3 is 6.18 Å².